The Morgan fingerprint density at radius 2 is 1.82 bits per heavy atom. The number of hydrogen-bond acceptors (Lipinski definition) is 4. The maximum Gasteiger partial charge on any atom is 0.254 e. The number of hydrogen-bond donors (Lipinski definition) is 0. The van der Waals surface area contributed by atoms with E-state index in [0.29, 0.717) is 18.5 Å². The molecule has 0 bridgehead atoms. The van der Waals surface area contributed by atoms with Crippen LogP contribution in [0.5, 0.6) is 0 Å². The van der Waals surface area contributed by atoms with Gasteiger partial charge in [0.25, 0.3) is 5.91 Å². The van der Waals surface area contributed by atoms with Crippen LogP contribution in [-0.2, 0) is 9.84 Å². The van der Waals surface area contributed by atoms with Crippen molar-refractivity contribution in [1.82, 2.24) is 14.4 Å². The first-order valence-corrected chi connectivity index (χ1v) is 11.7. The van der Waals surface area contributed by atoms with Crippen LogP contribution in [0, 0.1) is 0 Å². The molecule has 0 radical (unpaired) electrons. The lowest BCUT2D eigenvalue weighted by atomic mass is 10.1. The molecule has 0 N–H and O–H groups in total. The first kappa shape index (κ1) is 20.6. The van der Waals surface area contributed by atoms with Crippen molar-refractivity contribution in [1.29, 1.82) is 0 Å². The Balaban J connectivity index is 1.84. The molecule has 1 aromatic carbocycles. The monoisotopic (exact) mass is 403 g/mol. The molecule has 0 aliphatic carbocycles. The number of nitrogens with zero attached hydrogens (tertiary/aromatic N) is 3. The Hall–Kier alpha value is -2.12. The Kier molecular flexibility index (Phi) is 6.57. The Bertz CT molecular complexity index is 889. The normalized spacial score (nSPS) is 18.5. The first-order chi connectivity index (χ1) is 13.4. The second-order valence-corrected chi connectivity index (χ2v) is 9.45. The molecule has 1 fully saturated rings. The zero-order chi connectivity index (χ0) is 20.1. The van der Waals surface area contributed by atoms with E-state index in [9.17, 15) is 13.2 Å². The number of amides is 1. The molecule has 1 amide bonds. The highest BCUT2D eigenvalue weighted by Crippen LogP contribution is 2.21. The number of carbonyl (C=O) groups excluding carboxylic acids is 1. The Morgan fingerprint density at radius 3 is 2.43 bits per heavy atom. The van der Waals surface area contributed by atoms with Gasteiger partial charge in [-0.15, -0.1) is 0 Å². The van der Waals surface area contributed by atoms with Crippen molar-refractivity contribution in [2.45, 2.75) is 26.3 Å². The van der Waals surface area contributed by atoms with E-state index in [2.05, 4.69) is 18.7 Å². The van der Waals surface area contributed by atoms with Crippen LogP contribution in [0.4, 0.5) is 0 Å². The fourth-order valence-corrected chi connectivity index (χ4v) is 5.46. The summed E-state index contributed by atoms with van der Waals surface area (Å²) in [5.41, 5.74) is 1.51. The summed E-state index contributed by atoms with van der Waals surface area (Å²) in [6.45, 7) is 7.28. The van der Waals surface area contributed by atoms with E-state index in [-0.39, 0.29) is 23.5 Å². The Labute approximate surface area is 167 Å². The second-order valence-electron chi connectivity index (χ2n) is 7.22. The van der Waals surface area contributed by atoms with E-state index in [4.69, 9.17) is 0 Å². The van der Waals surface area contributed by atoms with Crippen LogP contribution in [0.2, 0.25) is 0 Å². The molecule has 1 aliphatic heterocycles. The summed E-state index contributed by atoms with van der Waals surface area (Å²) >= 11 is 0. The van der Waals surface area contributed by atoms with E-state index in [1.54, 1.807) is 4.90 Å². The summed E-state index contributed by atoms with van der Waals surface area (Å²) in [5.74, 6) is 0.132. The molecule has 3 rings (SSSR count). The lowest BCUT2D eigenvalue weighted by Gasteiger charge is -2.31. The van der Waals surface area contributed by atoms with Gasteiger partial charge in [0.15, 0.2) is 9.84 Å². The lowest BCUT2D eigenvalue weighted by Crippen LogP contribution is -2.45. The summed E-state index contributed by atoms with van der Waals surface area (Å²) in [5, 5.41) is 0. The molecular formula is C21H29N3O3S. The number of sulfone groups is 1. The summed E-state index contributed by atoms with van der Waals surface area (Å²) < 4.78 is 26.0. The van der Waals surface area contributed by atoms with Gasteiger partial charge in [0.2, 0.25) is 0 Å². The average Bonchev–Trinajstić information content (AvgIpc) is 3.35. The topological polar surface area (TPSA) is 62.6 Å². The molecule has 2 heterocycles. The molecule has 1 atom stereocenters. The summed E-state index contributed by atoms with van der Waals surface area (Å²) in [4.78, 5) is 17.4. The fourth-order valence-electron chi connectivity index (χ4n) is 3.73. The minimum atomic E-state index is -3.06. The molecule has 1 aliphatic rings. The van der Waals surface area contributed by atoms with Gasteiger partial charge in [0.05, 0.1) is 11.5 Å². The van der Waals surface area contributed by atoms with Gasteiger partial charge in [-0.1, -0.05) is 19.9 Å². The number of likely N-dealkylation sites (N-methyl/N-ethyl adjacent to an activating group) is 1. The van der Waals surface area contributed by atoms with Crippen LogP contribution in [-0.4, -0.2) is 72.4 Å². The van der Waals surface area contributed by atoms with Crippen LogP contribution in [0.15, 0.2) is 48.8 Å². The van der Waals surface area contributed by atoms with Gasteiger partial charge in [-0.2, -0.15) is 0 Å². The van der Waals surface area contributed by atoms with E-state index in [1.807, 2.05) is 53.4 Å². The van der Waals surface area contributed by atoms with Crippen molar-refractivity contribution in [3.63, 3.8) is 0 Å². The molecule has 1 aromatic heterocycles. The second kappa shape index (κ2) is 8.92. The third-order valence-electron chi connectivity index (χ3n) is 5.46. The summed E-state index contributed by atoms with van der Waals surface area (Å²) in [6.07, 6.45) is 4.39. The van der Waals surface area contributed by atoms with Crippen molar-refractivity contribution in [3.8, 4) is 5.69 Å². The van der Waals surface area contributed by atoms with Gasteiger partial charge >= 0.3 is 0 Å². The first-order valence-electron chi connectivity index (χ1n) is 9.90. The highest BCUT2D eigenvalue weighted by molar-refractivity contribution is 7.91. The maximum absolute atomic E-state index is 13.4. The fraction of sp³-hybridized carbons (Fsp3) is 0.476. The highest BCUT2D eigenvalue weighted by Gasteiger charge is 2.35. The van der Waals surface area contributed by atoms with Crippen molar-refractivity contribution < 1.29 is 13.2 Å². The summed E-state index contributed by atoms with van der Waals surface area (Å²) in [7, 11) is -3.06. The molecule has 2 aromatic rings. The third kappa shape index (κ3) is 4.83. The van der Waals surface area contributed by atoms with Crippen LogP contribution in [0.25, 0.3) is 5.69 Å². The van der Waals surface area contributed by atoms with Crippen molar-refractivity contribution >= 4 is 15.7 Å². The molecule has 0 spiro atoms. The van der Waals surface area contributed by atoms with E-state index in [0.717, 1.165) is 25.3 Å². The molecule has 6 nitrogen and oxygen atoms in total. The molecule has 152 valence electrons. The van der Waals surface area contributed by atoms with Crippen LogP contribution >= 0.6 is 0 Å². The van der Waals surface area contributed by atoms with Gasteiger partial charge in [-0.25, -0.2) is 8.42 Å². The molecular weight excluding hydrogens is 374 g/mol. The molecule has 1 saturated heterocycles. The van der Waals surface area contributed by atoms with Gasteiger partial charge in [0, 0.05) is 42.8 Å². The number of carbonyl (C=O) groups is 1. The minimum absolute atomic E-state index is 0.0638. The molecule has 28 heavy (non-hydrogen) atoms. The summed E-state index contributed by atoms with van der Waals surface area (Å²) in [6, 6.07) is 11.1. The molecule has 0 saturated carbocycles. The standard InChI is InChI=1S/C21H29N3O3S/c1-3-22(4-2)13-14-24(20-10-15-28(26,27)17-20)21(25)18-8-7-9-19(16-18)23-11-5-6-12-23/h5-9,11-12,16,20H,3-4,10,13-15,17H2,1-2H3. The van der Waals surface area contributed by atoms with Gasteiger partial charge < -0.3 is 14.4 Å². The van der Waals surface area contributed by atoms with E-state index < -0.39 is 9.84 Å². The van der Waals surface area contributed by atoms with E-state index in [1.165, 1.54) is 0 Å². The third-order valence-corrected chi connectivity index (χ3v) is 7.21. The SMILES string of the molecule is CCN(CC)CCN(C(=O)c1cccc(-n2cccc2)c1)C1CCS(=O)(=O)C1. The molecule has 7 heteroatoms. The van der Waals surface area contributed by atoms with Gasteiger partial charge in [0.1, 0.15) is 0 Å². The number of aromatic nitrogens is 1. The van der Waals surface area contributed by atoms with Crippen LogP contribution in [0.1, 0.15) is 30.6 Å². The quantitative estimate of drug-likeness (QED) is 0.679. The predicted molar refractivity (Wildman–Crippen MR) is 112 cm³/mol. The van der Waals surface area contributed by atoms with E-state index >= 15 is 0 Å². The van der Waals surface area contributed by atoms with Crippen molar-refractivity contribution in [2.75, 3.05) is 37.7 Å². The maximum atomic E-state index is 13.4. The number of benzene rings is 1. The lowest BCUT2D eigenvalue weighted by molar-refractivity contribution is 0.0674. The zero-order valence-electron chi connectivity index (χ0n) is 16.6. The van der Waals surface area contributed by atoms with Crippen LogP contribution < -0.4 is 0 Å². The molecule has 1 unspecified atom stereocenters. The smallest absolute Gasteiger partial charge is 0.254 e. The van der Waals surface area contributed by atoms with Gasteiger partial charge in [-0.05, 0) is 49.8 Å². The Morgan fingerprint density at radius 1 is 1.11 bits per heavy atom. The number of rotatable bonds is 8. The zero-order valence-corrected chi connectivity index (χ0v) is 17.4. The van der Waals surface area contributed by atoms with Crippen molar-refractivity contribution in [2.24, 2.45) is 0 Å². The van der Waals surface area contributed by atoms with Gasteiger partial charge in [-0.3, -0.25) is 4.79 Å². The van der Waals surface area contributed by atoms with Crippen molar-refractivity contribution in [3.05, 3.63) is 54.4 Å². The largest absolute Gasteiger partial charge is 0.333 e. The minimum Gasteiger partial charge on any atom is -0.333 e. The van der Waals surface area contributed by atoms with Crippen LogP contribution in [0.3, 0.4) is 0 Å². The average molecular weight is 404 g/mol. The predicted octanol–water partition coefficient (Wildman–Crippen LogP) is 2.45. The highest BCUT2D eigenvalue weighted by atomic mass is 32.2.